The maximum atomic E-state index is 12.8. The summed E-state index contributed by atoms with van der Waals surface area (Å²) in [6.07, 6.45) is 11.3. The van der Waals surface area contributed by atoms with Gasteiger partial charge in [-0.15, -0.1) is 11.3 Å². The van der Waals surface area contributed by atoms with Crippen LogP contribution in [0.3, 0.4) is 0 Å². The SMILES string of the molecule is CS(=O)(=O)c1ccc(C2(c3cn(C(c4ccccc4)(c4ccccc4)c4ccccc4)nc3-c3ccc(C#N)cc3)CN=C3C=CC=CN32)s1. The maximum absolute atomic E-state index is 12.8. The van der Waals surface area contributed by atoms with Crippen LogP contribution in [0.4, 0.5) is 0 Å². The van der Waals surface area contributed by atoms with Crippen LogP contribution < -0.4 is 0 Å². The molecule has 2 aliphatic heterocycles. The van der Waals surface area contributed by atoms with Crippen LogP contribution >= 0.6 is 11.3 Å². The molecule has 0 amide bonds. The normalized spacial score (nSPS) is 17.0. The van der Waals surface area contributed by atoms with Gasteiger partial charge in [0.05, 0.1) is 23.9 Å². The van der Waals surface area contributed by atoms with Crippen molar-refractivity contribution in [2.45, 2.75) is 15.3 Å². The molecule has 2 aliphatic rings. The number of hydrogen-bond donors (Lipinski definition) is 0. The standard InChI is InChI=1S/C41H31N5O2S2/c1-50(47,48)38-25-24-36(49-38)40(29-43-37-19-11-12-26-45(37)40)35-28-46(44-39(35)31-22-20-30(27-42)21-23-31)41(32-13-5-2-6-14-32,33-15-7-3-8-16-33)34-17-9-4-10-18-34/h2-26,28H,29H2,1H3. The number of rotatable bonds is 8. The van der Waals surface area contributed by atoms with Crippen molar-refractivity contribution >= 4 is 27.0 Å². The molecule has 4 heterocycles. The third-order valence-corrected chi connectivity index (χ3v) is 12.5. The van der Waals surface area contributed by atoms with E-state index >= 15 is 0 Å². The predicted molar refractivity (Wildman–Crippen MR) is 198 cm³/mol. The smallest absolute Gasteiger partial charge is 0.184 e. The Hall–Kier alpha value is -5.82. The largest absolute Gasteiger partial charge is 0.316 e. The number of aromatic nitrogens is 2. The Balaban J connectivity index is 1.50. The van der Waals surface area contributed by atoms with Crippen molar-refractivity contribution in [2.75, 3.05) is 12.8 Å². The van der Waals surface area contributed by atoms with E-state index in [1.54, 1.807) is 18.2 Å². The summed E-state index contributed by atoms with van der Waals surface area (Å²) in [6.45, 7) is 0.338. The van der Waals surface area contributed by atoms with Crippen molar-refractivity contribution in [1.29, 1.82) is 5.26 Å². The van der Waals surface area contributed by atoms with E-state index in [1.165, 1.54) is 17.6 Å². The van der Waals surface area contributed by atoms with E-state index in [4.69, 9.17) is 10.1 Å². The number of benzene rings is 4. The highest BCUT2D eigenvalue weighted by molar-refractivity contribution is 7.92. The summed E-state index contributed by atoms with van der Waals surface area (Å²) < 4.78 is 28.0. The van der Waals surface area contributed by atoms with Crippen molar-refractivity contribution in [3.8, 4) is 17.3 Å². The first-order valence-corrected chi connectivity index (χ1v) is 18.8. The van der Waals surface area contributed by atoms with E-state index in [2.05, 4.69) is 58.2 Å². The molecular formula is C41H31N5O2S2. The summed E-state index contributed by atoms with van der Waals surface area (Å²) in [6, 6.07) is 44.4. The molecule has 0 spiro atoms. The molecule has 4 aromatic carbocycles. The number of nitriles is 1. The Bertz CT molecular complexity index is 2340. The van der Waals surface area contributed by atoms with Crippen LogP contribution in [0.15, 0.2) is 167 Å². The van der Waals surface area contributed by atoms with Crippen LogP contribution in [-0.2, 0) is 20.9 Å². The molecule has 1 atom stereocenters. The fourth-order valence-corrected chi connectivity index (χ4v) is 9.26. The van der Waals surface area contributed by atoms with Gasteiger partial charge in [-0.25, -0.2) is 8.42 Å². The van der Waals surface area contributed by atoms with E-state index in [-0.39, 0.29) is 4.21 Å². The number of thiophene rings is 1. The van der Waals surface area contributed by atoms with Gasteiger partial charge in [0.15, 0.2) is 9.84 Å². The number of aliphatic imine (C=N–C) groups is 1. The third-order valence-electron chi connectivity index (χ3n) is 9.44. The predicted octanol–water partition coefficient (Wildman–Crippen LogP) is 7.77. The van der Waals surface area contributed by atoms with Crippen LogP contribution in [0.25, 0.3) is 11.3 Å². The fraction of sp³-hybridized carbons (Fsp3) is 0.0976. The lowest BCUT2D eigenvalue weighted by Crippen LogP contribution is -2.44. The second kappa shape index (κ2) is 12.3. The van der Waals surface area contributed by atoms with Gasteiger partial charge in [0.25, 0.3) is 0 Å². The summed E-state index contributed by atoms with van der Waals surface area (Å²) in [7, 11) is -3.47. The molecule has 0 fully saturated rings. The average molecular weight is 690 g/mol. The minimum absolute atomic E-state index is 0.288. The molecule has 0 saturated heterocycles. The quantitative estimate of drug-likeness (QED) is 0.152. The Kier molecular flexibility index (Phi) is 7.71. The molecule has 6 aromatic rings. The molecule has 1 unspecified atom stereocenters. The van der Waals surface area contributed by atoms with Gasteiger partial charge in [-0.3, -0.25) is 9.67 Å². The first-order chi connectivity index (χ1) is 24.4. The van der Waals surface area contributed by atoms with E-state index < -0.39 is 20.9 Å². The van der Waals surface area contributed by atoms with Crippen molar-refractivity contribution in [3.05, 3.63) is 191 Å². The minimum atomic E-state index is -3.47. The van der Waals surface area contributed by atoms with E-state index in [9.17, 15) is 13.7 Å². The Labute approximate surface area is 295 Å². The van der Waals surface area contributed by atoms with Gasteiger partial charge in [-0.05, 0) is 53.1 Å². The van der Waals surface area contributed by atoms with Crippen LogP contribution in [0, 0.1) is 11.3 Å². The zero-order valence-corrected chi connectivity index (χ0v) is 28.7. The van der Waals surface area contributed by atoms with Gasteiger partial charge in [0, 0.05) is 34.7 Å². The zero-order chi connectivity index (χ0) is 34.3. The fourth-order valence-electron chi connectivity index (χ4n) is 7.14. The van der Waals surface area contributed by atoms with E-state index in [0.717, 1.165) is 38.5 Å². The molecule has 2 aromatic heterocycles. The third kappa shape index (κ3) is 4.95. The lowest BCUT2D eigenvalue weighted by atomic mass is 9.77. The summed E-state index contributed by atoms with van der Waals surface area (Å²) >= 11 is 1.26. The summed E-state index contributed by atoms with van der Waals surface area (Å²) in [5, 5.41) is 15.2. The topological polar surface area (TPSA) is 91.3 Å². The summed E-state index contributed by atoms with van der Waals surface area (Å²) in [5.74, 6) is 0.778. The number of nitrogens with zero attached hydrogens (tertiary/aromatic N) is 5. The molecule has 0 radical (unpaired) electrons. The minimum Gasteiger partial charge on any atom is -0.316 e. The Morgan fingerprint density at radius 1 is 0.800 bits per heavy atom. The van der Waals surface area contributed by atoms with Crippen molar-refractivity contribution in [1.82, 2.24) is 14.7 Å². The molecular weight excluding hydrogens is 659 g/mol. The van der Waals surface area contributed by atoms with Crippen LogP contribution in [-0.4, -0.2) is 41.7 Å². The molecule has 8 rings (SSSR count). The summed E-state index contributed by atoms with van der Waals surface area (Å²) in [4.78, 5) is 7.99. The molecule has 50 heavy (non-hydrogen) atoms. The highest BCUT2D eigenvalue weighted by Gasteiger charge is 2.50. The van der Waals surface area contributed by atoms with Gasteiger partial charge in [0.2, 0.25) is 0 Å². The number of hydrogen-bond acceptors (Lipinski definition) is 7. The first kappa shape index (κ1) is 31.4. The van der Waals surface area contributed by atoms with Gasteiger partial charge < -0.3 is 4.90 Å². The number of sulfone groups is 1. The Morgan fingerprint density at radius 2 is 1.40 bits per heavy atom. The van der Waals surface area contributed by atoms with Gasteiger partial charge in [-0.2, -0.15) is 10.4 Å². The van der Waals surface area contributed by atoms with Gasteiger partial charge in [-0.1, -0.05) is 109 Å². The molecule has 244 valence electrons. The average Bonchev–Trinajstić information content (AvgIpc) is 3.92. The molecule has 0 bridgehead atoms. The molecule has 0 N–H and O–H groups in total. The number of fused-ring (bicyclic) bond motifs is 1. The van der Waals surface area contributed by atoms with Gasteiger partial charge in [0.1, 0.15) is 21.1 Å². The highest BCUT2D eigenvalue weighted by atomic mass is 32.2. The Morgan fingerprint density at radius 3 is 1.94 bits per heavy atom. The van der Waals surface area contributed by atoms with Crippen molar-refractivity contribution in [2.24, 2.45) is 4.99 Å². The van der Waals surface area contributed by atoms with Crippen molar-refractivity contribution < 1.29 is 8.42 Å². The first-order valence-electron chi connectivity index (χ1n) is 16.1. The lowest BCUT2D eigenvalue weighted by molar-refractivity contribution is 0.335. The highest BCUT2D eigenvalue weighted by Crippen LogP contribution is 2.50. The zero-order valence-electron chi connectivity index (χ0n) is 27.1. The molecule has 0 saturated carbocycles. The van der Waals surface area contributed by atoms with Gasteiger partial charge >= 0.3 is 0 Å². The van der Waals surface area contributed by atoms with Crippen LogP contribution in [0.2, 0.25) is 0 Å². The number of amidine groups is 1. The molecule has 0 aliphatic carbocycles. The van der Waals surface area contributed by atoms with Crippen LogP contribution in [0.1, 0.15) is 32.7 Å². The maximum Gasteiger partial charge on any atom is 0.184 e. The lowest BCUT2D eigenvalue weighted by Gasteiger charge is -2.38. The van der Waals surface area contributed by atoms with Crippen LogP contribution in [0.5, 0.6) is 0 Å². The monoisotopic (exact) mass is 689 g/mol. The molecule has 9 heteroatoms. The van der Waals surface area contributed by atoms with E-state index in [1.807, 2.05) is 97.2 Å². The second-order valence-electron chi connectivity index (χ2n) is 12.3. The summed E-state index contributed by atoms with van der Waals surface area (Å²) in [5.41, 5.74) is 4.16. The second-order valence-corrected chi connectivity index (χ2v) is 15.7. The van der Waals surface area contributed by atoms with Crippen molar-refractivity contribution in [3.63, 3.8) is 0 Å². The van der Waals surface area contributed by atoms with E-state index in [0.29, 0.717) is 17.8 Å². The molecule has 7 nitrogen and oxygen atoms in total. The number of allylic oxidation sites excluding steroid dienone is 2.